The van der Waals surface area contributed by atoms with E-state index in [0.717, 1.165) is 6.61 Å². The van der Waals surface area contributed by atoms with Crippen molar-refractivity contribution in [2.45, 2.75) is 89.4 Å². The molecule has 0 heterocycles. The lowest BCUT2D eigenvalue weighted by atomic mass is 10.0. The van der Waals surface area contributed by atoms with Gasteiger partial charge in [-0.25, -0.2) is 0 Å². The highest BCUT2D eigenvalue weighted by Crippen LogP contribution is 2.35. The predicted molar refractivity (Wildman–Crippen MR) is 70.2 cm³/mol. The third-order valence-electron chi connectivity index (χ3n) is 4.47. The largest absolute Gasteiger partial charge is 0.373 e. The molecule has 2 rings (SSSR count). The summed E-state index contributed by atoms with van der Waals surface area (Å²) in [5.74, 6) is 0. The van der Waals surface area contributed by atoms with E-state index in [4.69, 9.17) is 9.47 Å². The monoisotopic (exact) mass is 240 g/mol. The molecule has 2 nitrogen and oxygen atoms in total. The molecule has 2 fully saturated rings. The lowest BCUT2D eigenvalue weighted by Crippen LogP contribution is -2.35. The van der Waals surface area contributed by atoms with Gasteiger partial charge in [-0.15, -0.1) is 0 Å². The lowest BCUT2D eigenvalue weighted by molar-refractivity contribution is -0.128. The van der Waals surface area contributed by atoms with E-state index in [2.05, 4.69) is 20.8 Å². The van der Waals surface area contributed by atoms with E-state index in [1.165, 1.54) is 51.4 Å². The molecule has 0 aromatic carbocycles. The molecular formula is C15H28O2. The number of rotatable bonds is 5. The minimum atomic E-state index is 0.124. The number of ether oxygens (including phenoxy) is 2. The van der Waals surface area contributed by atoms with E-state index in [1.807, 2.05) is 0 Å². The van der Waals surface area contributed by atoms with Crippen molar-refractivity contribution >= 4 is 0 Å². The molecule has 2 aliphatic carbocycles. The van der Waals surface area contributed by atoms with E-state index < -0.39 is 0 Å². The first-order valence-electron chi connectivity index (χ1n) is 7.33. The Morgan fingerprint density at radius 2 is 1.35 bits per heavy atom. The Morgan fingerprint density at radius 1 is 0.882 bits per heavy atom. The van der Waals surface area contributed by atoms with Crippen molar-refractivity contribution in [2.75, 3.05) is 6.61 Å². The maximum atomic E-state index is 6.18. The van der Waals surface area contributed by atoms with Crippen LogP contribution >= 0.6 is 0 Å². The Labute approximate surface area is 106 Å². The van der Waals surface area contributed by atoms with Gasteiger partial charge in [0.15, 0.2) is 0 Å². The Balaban J connectivity index is 1.71. The van der Waals surface area contributed by atoms with Crippen LogP contribution in [0.25, 0.3) is 0 Å². The molecule has 2 saturated carbocycles. The summed E-state index contributed by atoms with van der Waals surface area (Å²) in [5, 5.41) is 0. The Morgan fingerprint density at radius 3 is 1.88 bits per heavy atom. The first-order valence-corrected chi connectivity index (χ1v) is 7.33. The molecule has 0 amide bonds. The van der Waals surface area contributed by atoms with E-state index in [1.54, 1.807) is 0 Å². The number of hydrogen-bond acceptors (Lipinski definition) is 2. The van der Waals surface area contributed by atoms with Crippen LogP contribution in [0.4, 0.5) is 0 Å². The molecule has 0 aromatic heterocycles. The van der Waals surface area contributed by atoms with Crippen LogP contribution in [0.3, 0.4) is 0 Å². The lowest BCUT2D eigenvalue weighted by Gasteiger charge is -2.31. The van der Waals surface area contributed by atoms with Crippen LogP contribution < -0.4 is 0 Å². The van der Waals surface area contributed by atoms with Gasteiger partial charge in [-0.05, 0) is 46.5 Å². The fourth-order valence-corrected chi connectivity index (χ4v) is 3.35. The molecule has 100 valence electrons. The topological polar surface area (TPSA) is 18.5 Å². The second kappa shape index (κ2) is 5.27. The molecule has 17 heavy (non-hydrogen) atoms. The highest BCUT2D eigenvalue weighted by Gasteiger charge is 2.33. The van der Waals surface area contributed by atoms with Gasteiger partial charge in [0, 0.05) is 0 Å². The summed E-state index contributed by atoms with van der Waals surface area (Å²) < 4.78 is 12.3. The van der Waals surface area contributed by atoms with Crippen molar-refractivity contribution in [3.63, 3.8) is 0 Å². The normalized spacial score (nSPS) is 28.4. The van der Waals surface area contributed by atoms with Crippen molar-refractivity contribution in [1.82, 2.24) is 0 Å². The van der Waals surface area contributed by atoms with Crippen LogP contribution in [-0.2, 0) is 9.47 Å². The summed E-state index contributed by atoms with van der Waals surface area (Å²) in [6, 6.07) is 0. The van der Waals surface area contributed by atoms with Crippen molar-refractivity contribution in [3.05, 3.63) is 0 Å². The van der Waals surface area contributed by atoms with Gasteiger partial charge in [0.05, 0.1) is 23.9 Å². The minimum absolute atomic E-state index is 0.124. The van der Waals surface area contributed by atoms with E-state index in [-0.39, 0.29) is 17.3 Å². The number of hydrogen-bond donors (Lipinski definition) is 0. The Hall–Kier alpha value is -0.0800. The quantitative estimate of drug-likeness (QED) is 0.721. The fourth-order valence-electron chi connectivity index (χ4n) is 3.35. The van der Waals surface area contributed by atoms with Gasteiger partial charge in [0.1, 0.15) is 0 Å². The highest BCUT2D eigenvalue weighted by molar-refractivity contribution is 4.84. The maximum Gasteiger partial charge on any atom is 0.0788 e. The van der Waals surface area contributed by atoms with Crippen LogP contribution in [0, 0.1) is 0 Å². The van der Waals surface area contributed by atoms with E-state index in [0.29, 0.717) is 0 Å². The zero-order chi connectivity index (χ0) is 12.4. The average Bonchev–Trinajstić information content (AvgIpc) is 2.86. The Kier molecular flexibility index (Phi) is 4.14. The van der Waals surface area contributed by atoms with Gasteiger partial charge >= 0.3 is 0 Å². The SMILES string of the molecule is CC(COC1(C)CCCC1)OC1(C)CCCC1. The van der Waals surface area contributed by atoms with Gasteiger partial charge in [0.25, 0.3) is 0 Å². The van der Waals surface area contributed by atoms with Gasteiger partial charge < -0.3 is 9.47 Å². The molecule has 0 bridgehead atoms. The Bertz CT molecular complexity index is 237. The average molecular weight is 240 g/mol. The van der Waals surface area contributed by atoms with Gasteiger partial charge in [-0.2, -0.15) is 0 Å². The second-order valence-corrected chi connectivity index (χ2v) is 6.55. The molecule has 0 spiro atoms. The summed E-state index contributed by atoms with van der Waals surface area (Å²) in [7, 11) is 0. The third kappa shape index (κ3) is 3.69. The molecule has 0 aliphatic heterocycles. The van der Waals surface area contributed by atoms with Crippen LogP contribution in [0.15, 0.2) is 0 Å². The maximum absolute atomic E-state index is 6.18. The molecule has 0 N–H and O–H groups in total. The van der Waals surface area contributed by atoms with Crippen LogP contribution in [-0.4, -0.2) is 23.9 Å². The smallest absolute Gasteiger partial charge is 0.0788 e. The predicted octanol–water partition coefficient (Wildman–Crippen LogP) is 4.07. The summed E-state index contributed by atoms with van der Waals surface area (Å²) >= 11 is 0. The minimum Gasteiger partial charge on any atom is -0.373 e. The van der Waals surface area contributed by atoms with Gasteiger partial charge in [0.2, 0.25) is 0 Å². The van der Waals surface area contributed by atoms with Gasteiger partial charge in [-0.3, -0.25) is 0 Å². The van der Waals surface area contributed by atoms with Crippen molar-refractivity contribution < 1.29 is 9.47 Å². The standard InChI is InChI=1S/C15H28O2/c1-13(17-15(3)10-6-7-11-15)12-16-14(2)8-4-5-9-14/h13H,4-12H2,1-3H3. The third-order valence-corrected chi connectivity index (χ3v) is 4.47. The van der Waals surface area contributed by atoms with Crippen molar-refractivity contribution in [2.24, 2.45) is 0 Å². The molecule has 2 aliphatic rings. The van der Waals surface area contributed by atoms with Crippen LogP contribution in [0.5, 0.6) is 0 Å². The molecule has 0 saturated heterocycles. The zero-order valence-electron chi connectivity index (χ0n) is 11.8. The molecule has 1 unspecified atom stereocenters. The fraction of sp³-hybridized carbons (Fsp3) is 1.00. The summed E-state index contributed by atoms with van der Waals surface area (Å²) in [4.78, 5) is 0. The molecule has 2 heteroatoms. The zero-order valence-corrected chi connectivity index (χ0v) is 11.8. The highest BCUT2D eigenvalue weighted by atomic mass is 16.6. The summed E-state index contributed by atoms with van der Waals surface area (Å²) in [6.45, 7) is 7.42. The van der Waals surface area contributed by atoms with Crippen molar-refractivity contribution in [3.8, 4) is 0 Å². The van der Waals surface area contributed by atoms with Gasteiger partial charge in [-0.1, -0.05) is 25.7 Å². The molecular weight excluding hydrogens is 212 g/mol. The summed E-state index contributed by atoms with van der Waals surface area (Å²) in [5.41, 5.74) is 0.257. The van der Waals surface area contributed by atoms with Crippen LogP contribution in [0.2, 0.25) is 0 Å². The summed E-state index contributed by atoms with van der Waals surface area (Å²) in [6.07, 6.45) is 10.4. The first-order chi connectivity index (χ1) is 8.02. The van der Waals surface area contributed by atoms with Crippen molar-refractivity contribution in [1.29, 1.82) is 0 Å². The molecule has 1 atom stereocenters. The van der Waals surface area contributed by atoms with E-state index in [9.17, 15) is 0 Å². The van der Waals surface area contributed by atoms with E-state index >= 15 is 0 Å². The second-order valence-electron chi connectivity index (χ2n) is 6.55. The molecule has 0 radical (unpaired) electrons. The van der Waals surface area contributed by atoms with Crippen LogP contribution in [0.1, 0.15) is 72.1 Å². The first kappa shape index (κ1) is 13.4. The molecule has 0 aromatic rings.